The van der Waals surface area contributed by atoms with Crippen molar-refractivity contribution in [3.8, 4) is 0 Å². The summed E-state index contributed by atoms with van der Waals surface area (Å²) < 4.78 is 0.693. The van der Waals surface area contributed by atoms with Crippen LogP contribution in [-0.4, -0.2) is 16.4 Å². The van der Waals surface area contributed by atoms with Gasteiger partial charge >= 0.3 is 0 Å². The second-order valence-corrected chi connectivity index (χ2v) is 5.66. The zero-order valence-electron chi connectivity index (χ0n) is 11.6. The predicted octanol–water partition coefficient (Wildman–Crippen LogP) is 4.54. The fourth-order valence-corrected chi connectivity index (χ4v) is 2.31. The number of thioether (sulfide) groups is 1. The van der Waals surface area contributed by atoms with Gasteiger partial charge in [0.2, 0.25) is 0 Å². The van der Waals surface area contributed by atoms with Crippen LogP contribution in [0.3, 0.4) is 0 Å². The van der Waals surface area contributed by atoms with Crippen molar-refractivity contribution in [2.75, 3.05) is 11.2 Å². The molecule has 2 aromatic rings. The highest BCUT2D eigenvalue weighted by Gasteiger charge is 2.09. The van der Waals surface area contributed by atoms with Gasteiger partial charge in [0.05, 0.1) is 0 Å². The molecule has 2 aromatic carbocycles. The van der Waals surface area contributed by atoms with Crippen molar-refractivity contribution in [3.63, 3.8) is 0 Å². The predicted molar refractivity (Wildman–Crippen MR) is 94.9 cm³/mol. The van der Waals surface area contributed by atoms with E-state index in [1.165, 1.54) is 11.8 Å². The summed E-state index contributed by atoms with van der Waals surface area (Å²) in [6.07, 6.45) is 5.19. The Morgan fingerprint density at radius 3 is 2.19 bits per heavy atom. The third kappa shape index (κ3) is 4.28. The van der Waals surface area contributed by atoms with E-state index in [0.29, 0.717) is 9.88 Å². The average Bonchev–Trinajstić information content (AvgIpc) is 2.56. The van der Waals surface area contributed by atoms with Gasteiger partial charge in [0, 0.05) is 23.5 Å². The van der Waals surface area contributed by atoms with Crippen molar-refractivity contribution in [1.82, 2.24) is 0 Å². The molecular weight excluding hydrogens is 298 g/mol. The molecule has 4 heteroatoms. The quantitative estimate of drug-likeness (QED) is 0.469. The normalized spacial score (nSPS) is 10.5. The first-order chi connectivity index (χ1) is 10.2. The Kier molecular flexibility index (Phi) is 5.72. The van der Waals surface area contributed by atoms with Crippen LogP contribution < -0.4 is 4.90 Å². The molecule has 0 saturated heterocycles. The van der Waals surface area contributed by atoms with Crippen molar-refractivity contribution in [1.29, 1.82) is 0 Å². The molecule has 21 heavy (non-hydrogen) atoms. The molecule has 106 valence electrons. The molecule has 0 aliphatic carbocycles. The Labute approximate surface area is 134 Å². The molecule has 0 bridgehead atoms. The van der Waals surface area contributed by atoms with E-state index in [4.69, 9.17) is 12.2 Å². The number of hydrogen-bond acceptors (Lipinski definition) is 3. The highest BCUT2D eigenvalue weighted by atomic mass is 32.2. The summed E-state index contributed by atoms with van der Waals surface area (Å²) in [4.78, 5) is 14.0. The van der Waals surface area contributed by atoms with Gasteiger partial charge in [-0.2, -0.15) is 0 Å². The van der Waals surface area contributed by atoms with Crippen molar-refractivity contribution >= 4 is 39.8 Å². The van der Waals surface area contributed by atoms with Crippen LogP contribution in [0.1, 0.15) is 10.4 Å². The van der Waals surface area contributed by atoms with Crippen LogP contribution in [0.5, 0.6) is 0 Å². The van der Waals surface area contributed by atoms with Gasteiger partial charge in [-0.05, 0) is 18.4 Å². The molecule has 0 unspecified atom stereocenters. The lowest BCUT2D eigenvalue weighted by molar-refractivity contribution is 0.104. The largest absolute Gasteiger partial charge is 0.303 e. The second-order valence-electron chi connectivity index (χ2n) is 4.22. The molecule has 0 atom stereocenters. The molecule has 0 aliphatic rings. The monoisotopic (exact) mass is 313 g/mol. The minimum absolute atomic E-state index is 0.0413. The lowest BCUT2D eigenvalue weighted by atomic mass is 10.1. The number of ketones is 1. The lowest BCUT2D eigenvalue weighted by Gasteiger charge is -2.19. The van der Waals surface area contributed by atoms with Gasteiger partial charge in [0.25, 0.3) is 0 Å². The summed E-state index contributed by atoms with van der Waals surface area (Å²) in [6, 6.07) is 18.9. The molecule has 2 rings (SSSR count). The Bertz CT molecular complexity index is 638. The van der Waals surface area contributed by atoms with E-state index < -0.39 is 0 Å². The Morgan fingerprint density at radius 2 is 1.62 bits per heavy atom. The molecule has 0 saturated carbocycles. The number of benzene rings is 2. The molecule has 0 aromatic heterocycles. The van der Waals surface area contributed by atoms with E-state index in [1.54, 1.807) is 24.4 Å². The summed E-state index contributed by atoms with van der Waals surface area (Å²) in [7, 11) is 0. The number of carbonyl (C=O) groups is 1. The van der Waals surface area contributed by atoms with Crippen LogP contribution in [0.2, 0.25) is 0 Å². The minimum Gasteiger partial charge on any atom is -0.303 e. The van der Waals surface area contributed by atoms with Gasteiger partial charge < -0.3 is 4.90 Å². The molecule has 0 heterocycles. The van der Waals surface area contributed by atoms with E-state index in [1.807, 2.05) is 59.7 Å². The van der Waals surface area contributed by atoms with Crippen LogP contribution in [0.15, 0.2) is 72.9 Å². The van der Waals surface area contributed by atoms with E-state index in [2.05, 4.69) is 0 Å². The van der Waals surface area contributed by atoms with Gasteiger partial charge in [-0.15, -0.1) is 0 Å². The standard InChI is InChI=1S/C17H15NOS2/c1-21-17(20)18(15-10-6-3-7-11-15)13-12-16(19)14-8-4-2-5-9-14/h2-13H,1H3/b13-12+. The van der Waals surface area contributed by atoms with E-state index in [0.717, 1.165) is 5.69 Å². The van der Waals surface area contributed by atoms with Gasteiger partial charge in [0.15, 0.2) is 5.78 Å². The van der Waals surface area contributed by atoms with Crippen LogP contribution in [0, 0.1) is 0 Å². The summed E-state index contributed by atoms with van der Waals surface area (Å²) in [5.74, 6) is -0.0413. The number of nitrogens with zero attached hydrogens (tertiary/aromatic N) is 1. The molecule has 0 amide bonds. The number of hydrogen-bond donors (Lipinski definition) is 0. The molecule has 0 spiro atoms. The number of thiocarbonyl (C=S) groups is 1. The maximum absolute atomic E-state index is 12.1. The fraction of sp³-hybridized carbons (Fsp3) is 0.0588. The van der Waals surface area contributed by atoms with Crippen molar-refractivity contribution in [2.45, 2.75) is 0 Å². The van der Waals surface area contributed by atoms with E-state index in [-0.39, 0.29) is 5.78 Å². The third-order valence-electron chi connectivity index (χ3n) is 2.84. The van der Waals surface area contributed by atoms with E-state index in [9.17, 15) is 4.79 Å². The molecule has 0 aliphatic heterocycles. The maximum Gasteiger partial charge on any atom is 0.187 e. The van der Waals surface area contributed by atoms with Crippen LogP contribution in [0.4, 0.5) is 5.69 Å². The number of rotatable bonds is 4. The highest BCUT2D eigenvalue weighted by Crippen LogP contribution is 2.19. The molecule has 2 nitrogen and oxygen atoms in total. The molecule has 0 N–H and O–H groups in total. The van der Waals surface area contributed by atoms with Gasteiger partial charge in [-0.3, -0.25) is 4.79 Å². The van der Waals surface area contributed by atoms with Gasteiger partial charge in [0.1, 0.15) is 4.32 Å². The summed E-state index contributed by atoms with van der Waals surface area (Å²) >= 11 is 6.82. The van der Waals surface area contributed by atoms with E-state index >= 15 is 0 Å². The number of para-hydroxylation sites is 1. The van der Waals surface area contributed by atoms with Crippen molar-refractivity contribution in [3.05, 3.63) is 78.5 Å². The summed E-state index contributed by atoms with van der Waals surface area (Å²) in [6.45, 7) is 0. The summed E-state index contributed by atoms with van der Waals surface area (Å²) in [5, 5.41) is 0. The van der Waals surface area contributed by atoms with Crippen molar-refractivity contribution < 1.29 is 4.79 Å². The first-order valence-corrected chi connectivity index (χ1v) is 8.05. The molecule has 0 radical (unpaired) electrons. The average molecular weight is 313 g/mol. The Morgan fingerprint density at radius 1 is 1.05 bits per heavy atom. The number of allylic oxidation sites excluding steroid dienone is 1. The first kappa shape index (κ1) is 15.5. The van der Waals surface area contributed by atoms with Crippen LogP contribution >= 0.6 is 24.0 Å². The number of carbonyl (C=O) groups excluding carboxylic acids is 1. The topological polar surface area (TPSA) is 20.3 Å². The van der Waals surface area contributed by atoms with Gasteiger partial charge in [-0.1, -0.05) is 72.5 Å². The van der Waals surface area contributed by atoms with Crippen LogP contribution in [0.25, 0.3) is 0 Å². The smallest absolute Gasteiger partial charge is 0.187 e. The Hall–Kier alpha value is -1.91. The number of anilines is 1. The Balaban J connectivity index is 2.22. The molecular formula is C17H15NOS2. The fourth-order valence-electron chi connectivity index (χ4n) is 1.78. The third-order valence-corrected chi connectivity index (χ3v) is 4.08. The molecule has 0 fully saturated rings. The van der Waals surface area contributed by atoms with Crippen LogP contribution in [-0.2, 0) is 0 Å². The zero-order chi connectivity index (χ0) is 15.1. The lowest BCUT2D eigenvalue weighted by Crippen LogP contribution is -2.20. The second kappa shape index (κ2) is 7.76. The van der Waals surface area contributed by atoms with Gasteiger partial charge in [-0.25, -0.2) is 0 Å². The maximum atomic E-state index is 12.1. The minimum atomic E-state index is -0.0413. The highest BCUT2D eigenvalue weighted by molar-refractivity contribution is 8.22. The summed E-state index contributed by atoms with van der Waals surface area (Å²) in [5.41, 5.74) is 1.60. The SMILES string of the molecule is CSC(=S)N(/C=C/C(=O)c1ccccc1)c1ccccc1. The first-order valence-electron chi connectivity index (χ1n) is 6.42. The zero-order valence-corrected chi connectivity index (χ0v) is 13.2. The van der Waals surface area contributed by atoms with Crippen molar-refractivity contribution in [2.24, 2.45) is 0 Å².